The van der Waals surface area contributed by atoms with Crippen molar-refractivity contribution in [3.8, 4) is 0 Å². The van der Waals surface area contributed by atoms with E-state index >= 15 is 0 Å². The summed E-state index contributed by atoms with van der Waals surface area (Å²) in [5.74, 6) is 1.35. The van der Waals surface area contributed by atoms with Crippen molar-refractivity contribution in [1.82, 2.24) is 0 Å². The molecule has 4 nitrogen and oxygen atoms in total. The van der Waals surface area contributed by atoms with Crippen molar-refractivity contribution < 1.29 is 9.84 Å². The minimum Gasteiger partial charge on any atom is -0.488 e. The predicted octanol–water partition coefficient (Wildman–Crippen LogP) is 4.88. The average Bonchev–Trinajstić information content (AvgIpc) is 2.67. The van der Waals surface area contributed by atoms with Crippen LogP contribution < -0.4 is 0 Å². The highest BCUT2D eigenvalue weighted by Gasteiger charge is 2.28. The van der Waals surface area contributed by atoms with Gasteiger partial charge in [-0.25, -0.2) is 0 Å². The van der Waals surface area contributed by atoms with Gasteiger partial charge in [-0.1, -0.05) is 32.4 Å². The second-order valence-corrected chi connectivity index (χ2v) is 7.39. The molecule has 0 aromatic carbocycles. The molecule has 0 saturated heterocycles. The van der Waals surface area contributed by atoms with Crippen LogP contribution in [0.15, 0.2) is 59.0 Å². The highest BCUT2D eigenvalue weighted by molar-refractivity contribution is 6.52. The third-order valence-electron chi connectivity index (χ3n) is 5.54. The summed E-state index contributed by atoms with van der Waals surface area (Å²) in [7, 11) is 0. The minimum absolute atomic E-state index is 0.121. The smallest absolute Gasteiger partial charge is 0.147 e. The zero-order valence-electron chi connectivity index (χ0n) is 15.6. The SMILES string of the molecule is C=C/N=C1/C=C(C2CCCCC2)C=C(O[C@H]2CC[C@H](O)CC2)/C1=N/C=C. The molecule has 0 heterocycles. The van der Waals surface area contributed by atoms with E-state index in [0.717, 1.165) is 42.9 Å². The van der Waals surface area contributed by atoms with Gasteiger partial charge in [0, 0.05) is 12.4 Å². The maximum atomic E-state index is 9.75. The zero-order valence-corrected chi connectivity index (χ0v) is 15.6. The molecule has 0 aromatic heterocycles. The molecule has 2 fully saturated rings. The van der Waals surface area contributed by atoms with Gasteiger partial charge >= 0.3 is 0 Å². The van der Waals surface area contributed by atoms with E-state index in [2.05, 4.69) is 35.3 Å². The third kappa shape index (κ3) is 4.61. The summed E-state index contributed by atoms with van der Waals surface area (Å²) in [6.07, 6.45) is 17.0. The Balaban J connectivity index is 1.87. The van der Waals surface area contributed by atoms with Crippen LogP contribution in [0.5, 0.6) is 0 Å². The zero-order chi connectivity index (χ0) is 18.4. The molecule has 4 heteroatoms. The fourth-order valence-corrected chi connectivity index (χ4v) is 4.14. The monoisotopic (exact) mass is 354 g/mol. The number of aliphatic hydroxyl groups is 1. The van der Waals surface area contributed by atoms with E-state index in [1.807, 2.05) is 0 Å². The maximum Gasteiger partial charge on any atom is 0.147 e. The Labute approximate surface area is 156 Å². The fraction of sp³-hybridized carbons (Fsp3) is 0.545. The lowest BCUT2D eigenvalue weighted by atomic mass is 9.81. The molecule has 0 bridgehead atoms. The standard InChI is InChI=1S/C22H30N2O2/c1-3-23-20-14-17(16-8-6-5-7-9-16)15-21(22(20)24-4-2)26-19-12-10-18(25)11-13-19/h3-4,14-16,18-19,25H,1-2,5-13H2/b23-20-,24-22+/t18-,19-. The topological polar surface area (TPSA) is 54.2 Å². The van der Waals surface area contributed by atoms with Crippen LogP contribution in [-0.2, 0) is 4.74 Å². The van der Waals surface area contributed by atoms with Gasteiger partial charge in [0.1, 0.15) is 11.5 Å². The van der Waals surface area contributed by atoms with Crippen LogP contribution in [0.1, 0.15) is 57.8 Å². The summed E-state index contributed by atoms with van der Waals surface area (Å²) < 4.78 is 6.36. The number of allylic oxidation sites excluding steroid dienone is 4. The van der Waals surface area contributed by atoms with E-state index in [9.17, 15) is 5.11 Å². The van der Waals surface area contributed by atoms with Crippen LogP contribution in [-0.4, -0.2) is 28.7 Å². The van der Waals surface area contributed by atoms with Gasteiger partial charge < -0.3 is 9.84 Å². The second-order valence-electron chi connectivity index (χ2n) is 7.39. The van der Waals surface area contributed by atoms with Crippen LogP contribution in [0, 0.1) is 5.92 Å². The van der Waals surface area contributed by atoms with Crippen molar-refractivity contribution in [3.63, 3.8) is 0 Å². The lowest BCUT2D eigenvalue weighted by Gasteiger charge is -2.30. The van der Waals surface area contributed by atoms with Gasteiger partial charge in [-0.2, -0.15) is 0 Å². The summed E-state index contributed by atoms with van der Waals surface area (Å²) in [4.78, 5) is 8.89. The summed E-state index contributed by atoms with van der Waals surface area (Å²) >= 11 is 0. The summed E-state index contributed by atoms with van der Waals surface area (Å²) in [5.41, 5.74) is 2.82. The van der Waals surface area contributed by atoms with Gasteiger partial charge in [0.15, 0.2) is 0 Å². The highest BCUT2D eigenvalue weighted by Crippen LogP contribution is 2.34. The number of aliphatic hydroxyl groups excluding tert-OH is 1. The molecule has 0 spiro atoms. The molecule has 3 rings (SSSR count). The Bertz CT molecular complexity index is 643. The fourth-order valence-electron chi connectivity index (χ4n) is 4.14. The third-order valence-corrected chi connectivity index (χ3v) is 5.54. The molecule has 1 N–H and O–H groups in total. The molecule has 3 aliphatic carbocycles. The number of ether oxygens (including phenoxy) is 1. The van der Waals surface area contributed by atoms with Crippen LogP contribution >= 0.6 is 0 Å². The molecule has 0 amide bonds. The Morgan fingerprint density at radius 3 is 2.27 bits per heavy atom. The van der Waals surface area contributed by atoms with E-state index in [-0.39, 0.29) is 12.2 Å². The van der Waals surface area contributed by atoms with Crippen LogP contribution in [0.3, 0.4) is 0 Å². The van der Waals surface area contributed by atoms with Crippen molar-refractivity contribution >= 4 is 11.4 Å². The molecule has 0 aliphatic heterocycles. The first kappa shape index (κ1) is 18.8. The molecule has 0 aromatic rings. The first-order valence-electron chi connectivity index (χ1n) is 9.87. The number of hydrogen-bond acceptors (Lipinski definition) is 4. The van der Waals surface area contributed by atoms with E-state index in [1.165, 1.54) is 43.9 Å². The van der Waals surface area contributed by atoms with Gasteiger partial charge in [-0.15, -0.1) is 0 Å². The summed E-state index contributed by atoms with van der Waals surface area (Å²) in [6, 6.07) is 0. The summed E-state index contributed by atoms with van der Waals surface area (Å²) in [5, 5.41) is 9.75. The first-order valence-corrected chi connectivity index (χ1v) is 9.87. The number of nitrogens with zero attached hydrogens (tertiary/aromatic N) is 2. The van der Waals surface area contributed by atoms with E-state index < -0.39 is 0 Å². The molecule has 3 aliphatic rings. The first-order chi connectivity index (χ1) is 12.7. The molecular weight excluding hydrogens is 324 g/mol. The maximum absolute atomic E-state index is 9.75. The molecule has 0 unspecified atom stereocenters. The highest BCUT2D eigenvalue weighted by atomic mass is 16.5. The van der Waals surface area contributed by atoms with Crippen molar-refractivity contribution in [2.45, 2.75) is 70.0 Å². The van der Waals surface area contributed by atoms with E-state index in [1.54, 1.807) is 6.20 Å². The van der Waals surface area contributed by atoms with Gasteiger partial charge in [-0.05, 0) is 62.2 Å². The molecule has 26 heavy (non-hydrogen) atoms. The molecular formula is C22H30N2O2. The molecule has 2 saturated carbocycles. The normalized spacial score (nSPS) is 30.7. The van der Waals surface area contributed by atoms with Crippen LogP contribution in [0.25, 0.3) is 0 Å². The van der Waals surface area contributed by atoms with E-state index in [0.29, 0.717) is 5.92 Å². The summed E-state index contributed by atoms with van der Waals surface area (Å²) in [6.45, 7) is 7.49. The Morgan fingerprint density at radius 1 is 0.923 bits per heavy atom. The Hall–Kier alpha value is -1.94. The van der Waals surface area contributed by atoms with Crippen molar-refractivity contribution in [2.75, 3.05) is 0 Å². The van der Waals surface area contributed by atoms with Crippen LogP contribution in [0.4, 0.5) is 0 Å². The lowest BCUT2D eigenvalue weighted by Crippen LogP contribution is -2.29. The van der Waals surface area contributed by atoms with Gasteiger partial charge in [0.2, 0.25) is 0 Å². The molecule has 0 atom stereocenters. The predicted molar refractivity (Wildman–Crippen MR) is 107 cm³/mol. The van der Waals surface area contributed by atoms with E-state index in [4.69, 9.17) is 4.74 Å². The quantitative estimate of drug-likeness (QED) is 0.715. The van der Waals surface area contributed by atoms with Crippen LogP contribution in [0.2, 0.25) is 0 Å². The average molecular weight is 354 g/mol. The lowest BCUT2D eigenvalue weighted by molar-refractivity contribution is 0.0379. The van der Waals surface area contributed by atoms with Crippen molar-refractivity contribution in [1.29, 1.82) is 0 Å². The molecule has 0 radical (unpaired) electrons. The molecule has 140 valence electrons. The number of aliphatic imine (C=N–C) groups is 2. The minimum atomic E-state index is -0.188. The van der Waals surface area contributed by atoms with Gasteiger partial charge in [0.25, 0.3) is 0 Å². The second kappa shape index (κ2) is 9.13. The largest absolute Gasteiger partial charge is 0.488 e. The number of rotatable bonds is 5. The van der Waals surface area contributed by atoms with Crippen molar-refractivity contribution in [3.05, 3.63) is 49.0 Å². The Morgan fingerprint density at radius 2 is 1.62 bits per heavy atom. The Kier molecular flexibility index (Phi) is 6.62. The van der Waals surface area contributed by atoms with Gasteiger partial charge in [-0.3, -0.25) is 9.98 Å². The number of hydrogen-bond donors (Lipinski definition) is 1. The van der Waals surface area contributed by atoms with Gasteiger partial charge in [0.05, 0.1) is 17.9 Å². The van der Waals surface area contributed by atoms with Crippen molar-refractivity contribution in [2.24, 2.45) is 15.9 Å².